The minimum absolute atomic E-state index is 0.494. The third-order valence-electron chi connectivity index (χ3n) is 2.57. The molecule has 14 heavy (non-hydrogen) atoms. The van der Waals surface area contributed by atoms with Gasteiger partial charge in [-0.15, -0.1) is 0 Å². The minimum atomic E-state index is 0.494. The molecule has 0 radical (unpaired) electrons. The van der Waals surface area contributed by atoms with Crippen molar-refractivity contribution >= 4 is 17.0 Å². The first-order valence-electron chi connectivity index (χ1n) is 5.35. The fourth-order valence-corrected chi connectivity index (χ4v) is 4.05. The van der Waals surface area contributed by atoms with Gasteiger partial charge >= 0.3 is 0 Å². The Bertz CT molecular complexity index is 328. The molecule has 1 unspecified atom stereocenters. The first-order valence-corrected chi connectivity index (χ1v) is 6.91. The van der Waals surface area contributed by atoms with Crippen LogP contribution in [0.2, 0.25) is 0 Å². The van der Waals surface area contributed by atoms with Crippen molar-refractivity contribution in [3.63, 3.8) is 0 Å². The van der Waals surface area contributed by atoms with Gasteiger partial charge in [-0.05, 0) is 30.7 Å². The van der Waals surface area contributed by atoms with Crippen LogP contribution in [0.1, 0.15) is 25.3 Å². The van der Waals surface area contributed by atoms with Crippen LogP contribution in [0, 0.1) is 0 Å². The summed E-state index contributed by atoms with van der Waals surface area (Å²) in [6.07, 6.45) is 7.28. The first-order chi connectivity index (χ1) is 6.92. The summed E-state index contributed by atoms with van der Waals surface area (Å²) in [6.45, 7) is 2.27. The van der Waals surface area contributed by atoms with Crippen LogP contribution in [0.3, 0.4) is 0 Å². The maximum absolute atomic E-state index is 2.33. The maximum Gasteiger partial charge on any atom is 0.162 e. The van der Waals surface area contributed by atoms with E-state index in [0.717, 1.165) is 0 Å². The van der Waals surface area contributed by atoms with E-state index in [1.54, 1.807) is 4.90 Å². The zero-order valence-electron chi connectivity index (χ0n) is 8.70. The molecule has 0 fully saturated rings. The van der Waals surface area contributed by atoms with Crippen molar-refractivity contribution < 1.29 is 0 Å². The van der Waals surface area contributed by atoms with Gasteiger partial charge in [0.15, 0.2) is 4.90 Å². The van der Waals surface area contributed by atoms with Crippen LogP contribution in [0.15, 0.2) is 35.2 Å². The Balaban J connectivity index is 2.18. The van der Waals surface area contributed by atoms with Gasteiger partial charge in [0.1, 0.15) is 11.5 Å². The van der Waals surface area contributed by atoms with Gasteiger partial charge in [-0.25, -0.2) is 0 Å². The van der Waals surface area contributed by atoms with Gasteiger partial charge in [0, 0.05) is 16.5 Å². The summed E-state index contributed by atoms with van der Waals surface area (Å²) in [4.78, 5) is 1.59. The molecule has 0 saturated carbocycles. The van der Waals surface area contributed by atoms with Crippen LogP contribution in [0.25, 0.3) is 6.08 Å². The van der Waals surface area contributed by atoms with Crippen LogP contribution in [0.5, 0.6) is 0 Å². The molecular formula is C13H17S+. The van der Waals surface area contributed by atoms with Gasteiger partial charge in [-0.1, -0.05) is 25.5 Å². The quantitative estimate of drug-likeness (QED) is 0.663. The van der Waals surface area contributed by atoms with Crippen molar-refractivity contribution in [3.8, 4) is 0 Å². The molecule has 1 aromatic carbocycles. The molecule has 2 rings (SSSR count). The molecule has 74 valence electrons. The second-order valence-corrected chi connectivity index (χ2v) is 5.82. The predicted molar refractivity (Wildman–Crippen MR) is 65.7 cm³/mol. The van der Waals surface area contributed by atoms with E-state index in [9.17, 15) is 0 Å². The summed E-state index contributed by atoms with van der Waals surface area (Å²) in [5.74, 6) is 2.63. The van der Waals surface area contributed by atoms with E-state index in [-0.39, 0.29) is 0 Å². The maximum atomic E-state index is 2.33. The summed E-state index contributed by atoms with van der Waals surface area (Å²) in [5.41, 5.74) is 1.44. The Morgan fingerprint density at radius 3 is 3.00 bits per heavy atom. The predicted octanol–water partition coefficient (Wildman–Crippen LogP) is 3.49. The van der Waals surface area contributed by atoms with Gasteiger partial charge in [-0.2, -0.15) is 0 Å². The SMILES string of the molecule is CCCC[S+]1CC=Cc2ccccc21. The highest BCUT2D eigenvalue weighted by atomic mass is 32.2. The average Bonchev–Trinajstić information content (AvgIpc) is 2.26. The normalized spacial score (nSPS) is 19.4. The summed E-state index contributed by atoms with van der Waals surface area (Å²) in [6, 6.07) is 8.84. The van der Waals surface area contributed by atoms with Gasteiger partial charge in [0.25, 0.3) is 0 Å². The minimum Gasteiger partial charge on any atom is -0.0652 e. The zero-order valence-corrected chi connectivity index (χ0v) is 9.52. The lowest BCUT2D eigenvalue weighted by molar-refractivity contribution is 0.892. The Labute approximate surface area is 89.4 Å². The number of hydrogen-bond donors (Lipinski definition) is 0. The molecular weight excluding hydrogens is 188 g/mol. The Kier molecular flexibility index (Phi) is 3.30. The third kappa shape index (κ3) is 2.03. The second-order valence-electron chi connectivity index (χ2n) is 3.66. The Morgan fingerprint density at radius 2 is 2.14 bits per heavy atom. The highest BCUT2D eigenvalue weighted by Crippen LogP contribution is 2.25. The zero-order chi connectivity index (χ0) is 9.80. The van der Waals surface area contributed by atoms with Crippen LogP contribution in [-0.2, 0) is 10.9 Å². The van der Waals surface area contributed by atoms with E-state index < -0.39 is 0 Å². The van der Waals surface area contributed by atoms with Crippen molar-refractivity contribution in [2.24, 2.45) is 0 Å². The molecule has 0 N–H and O–H groups in total. The second kappa shape index (κ2) is 4.70. The highest BCUT2D eigenvalue weighted by Gasteiger charge is 2.24. The number of rotatable bonds is 3. The molecule has 0 bridgehead atoms. The van der Waals surface area contributed by atoms with E-state index in [4.69, 9.17) is 0 Å². The summed E-state index contributed by atoms with van der Waals surface area (Å²) in [7, 11) is 0.494. The molecule has 1 aliphatic heterocycles. The van der Waals surface area contributed by atoms with Crippen LogP contribution in [0.4, 0.5) is 0 Å². The third-order valence-corrected chi connectivity index (χ3v) is 4.94. The topological polar surface area (TPSA) is 0 Å². The van der Waals surface area contributed by atoms with Crippen LogP contribution < -0.4 is 0 Å². The molecule has 1 aliphatic rings. The van der Waals surface area contributed by atoms with E-state index >= 15 is 0 Å². The molecule has 1 atom stereocenters. The summed E-state index contributed by atoms with van der Waals surface area (Å²) < 4.78 is 0. The highest BCUT2D eigenvalue weighted by molar-refractivity contribution is 7.97. The Hall–Kier alpha value is -0.690. The van der Waals surface area contributed by atoms with E-state index in [1.807, 2.05) is 0 Å². The summed E-state index contributed by atoms with van der Waals surface area (Å²) >= 11 is 0. The van der Waals surface area contributed by atoms with Gasteiger partial charge in [0.2, 0.25) is 0 Å². The number of unbranched alkanes of at least 4 members (excludes halogenated alkanes) is 1. The average molecular weight is 205 g/mol. The lowest BCUT2D eigenvalue weighted by Gasteiger charge is -2.12. The van der Waals surface area contributed by atoms with Crippen LogP contribution >= 0.6 is 0 Å². The lowest BCUT2D eigenvalue weighted by Crippen LogP contribution is -2.15. The van der Waals surface area contributed by atoms with Crippen molar-refractivity contribution in [3.05, 3.63) is 35.9 Å². The molecule has 0 saturated heterocycles. The van der Waals surface area contributed by atoms with Gasteiger partial charge in [0.05, 0.1) is 0 Å². The van der Waals surface area contributed by atoms with Gasteiger partial charge < -0.3 is 0 Å². The van der Waals surface area contributed by atoms with Crippen LogP contribution in [-0.4, -0.2) is 11.5 Å². The molecule has 1 aromatic rings. The standard InChI is InChI=1S/C13H17S/c1-2-3-10-14-11-6-8-12-7-4-5-9-13(12)14/h4-9H,2-3,10-11H2,1H3/q+1. The molecule has 0 aromatic heterocycles. The molecule has 0 amide bonds. The fourth-order valence-electron chi connectivity index (χ4n) is 1.77. The van der Waals surface area contributed by atoms with E-state index in [1.165, 1.54) is 29.9 Å². The van der Waals surface area contributed by atoms with E-state index in [2.05, 4.69) is 43.3 Å². The lowest BCUT2D eigenvalue weighted by atomic mass is 10.2. The largest absolute Gasteiger partial charge is 0.162 e. The molecule has 0 nitrogen and oxygen atoms in total. The fraction of sp³-hybridized carbons (Fsp3) is 0.385. The monoisotopic (exact) mass is 205 g/mol. The van der Waals surface area contributed by atoms with Gasteiger partial charge in [-0.3, -0.25) is 0 Å². The van der Waals surface area contributed by atoms with Crippen molar-refractivity contribution in [2.75, 3.05) is 11.5 Å². The first kappa shape index (κ1) is 9.85. The van der Waals surface area contributed by atoms with Crippen molar-refractivity contribution in [1.82, 2.24) is 0 Å². The number of fused-ring (bicyclic) bond motifs is 1. The van der Waals surface area contributed by atoms with Crippen molar-refractivity contribution in [2.45, 2.75) is 24.7 Å². The molecule has 1 heterocycles. The number of hydrogen-bond acceptors (Lipinski definition) is 0. The van der Waals surface area contributed by atoms with E-state index in [0.29, 0.717) is 10.9 Å². The number of benzene rings is 1. The Morgan fingerprint density at radius 1 is 1.29 bits per heavy atom. The molecule has 0 aliphatic carbocycles. The van der Waals surface area contributed by atoms with Crippen molar-refractivity contribution in [1.29, 1.82) is 0 Å². The summed E-state index contributed by atoms with van der Waals surface area (Å²) in [5, 5.41) is 0. The smallest absolute Gasteiger partial charge is 0.0652 e. The molecule has 0 spiro atoms. The molecule has 1 heteroatoms.